The molecule has 1 spiro atoms. The molecular weight excluding hydrogens is 419 g/mol. The second-order valence-corrected chi connectivity index (χ2v) is 9.70. The summed E-state index contributed by atoms with van der Waals surface area (Å²) in [5, 5.41) is 4.10. The maximum absolute atomic E-state index is 14.1. The molecule has 2 saturated heterocycles. The SMILES string of the molecule is Fc1cccc(N2C(=S)NC(=NC3CCCCC3)C23CCN(Cc2ccccc2)CC3)c1. The van der Waals surface area contributed by atoms with Gasteiger partial charge in [0.15, 0.2) is 5.11 Å². The van der Waals surface area contributed by atoms with Crippen LogP contribution >= 0.6 is 12.2 Å². The number of aliphatic imine (C=N–C) groups is 1. The van der Waals surface area contributed by atoms with Gasteiger partial charge in [-0.05, 0) is 61.7 Å². The highest BCUT2D eigenvalue weighted by atomic mass is 32.1. The van der Waals surface area contributed by atoms with Gasteiger partial charge in [-0.3, -0.25) is 9.89 Å². The van der Waals surface area contributed by atoms with E-state index >= 15 is 0 Å². The second kappa shape index (κ2) is 9.28. The molecule has 1 N–H and O–H groups in total. The van der Waals surface area contributed by atoms with E-state index in [1.807, 2.05) is 6.07 Å². The van der Waals surface area contributed by atoms with Crippen LogP contribution in [-0.4, -0.2) is 40.5 Å². The van der Waals surface area contributed by atoms with Gasteiger partial charge in [-0.15, -0.1) is 0 Å². The van der Waals surface area contributed by atoms with Crippen LogP contribution in [-0.2, 0) is 6.54 Å². The topological polar surface area (TPSA) is 30.9 Å². The number of hydrogen-bond acceptors (Lipinski definition) is 3. The van der Waals surface area contributed by atoms with Crippen molar-refractivity contribution in [1.29, 1.82) is 0 Å². The van der Waals surface area contributed by atoms with Crippen molar-refractivity contribution in [1.82, 2.24) is 10.2 Å². The minimum absolute atomic E-state index is 0.236. The van der Waals surface area contributed by atoms with E-state index in [2.05, 4.69) is 45.4 Å². The Morgan fingerprint density at radius 2 is 1.75 bits per heavy atom. The fraction of sp³-hybridized carbons (Fsp3) is 0.462. The Morgan fingerprint density at radius 3 is 2.47 bits per heavy atom. The van der Waals surface area contributed by atoms with Gasteiger partial charge in [0.2, 0.25) is 0 Å². The van der Waals surface area contributed by atoms with Gasteiger partial charge in [0.1, 0.15) is 17.2 Å². The van der Waals surface area contributed by atoms with Gasteiger partial charge < -0.3 is 10.2 Å². The Bertz CT molecular complexity index is 978. The summed E-state index contributed by atoms with van der Waals surface area (Å²) in [5.74, 6) is 0.762. The fourth-order valence-corrected chi connectivity index (χ4v) is 5.86. The Kier molecular flexibility index (Phi) is 6.24. The quantitative estimate of drug-likeness (QED) is 0.642. The largest absolute Gasteiger partial charge is 0.319 e. The summed E-state index contributed by atoms with van der Waals surface area (Å²) in [6.07, 6.45) is 7.92. The normalized spacial score (nSPS) is 23.1. The number of benzene rings is 2. The average molecular weight is 451 g/mol. The first kappa shape index (κ1) is 21.5. The Morgan fingerprint density at radius 1 is 1.00 bits per heavy atom. The number of thiocarbonyl (C=S) groups is 1. The van der Waals surface area contributed by atoms with Gasteiger partial charge in [-0.1, -0.05) is 55.7 Å². The van der Waals surface area contributed by atoms with Crippen LogP contribution in [0.3, 0.4) is 0 Å². The molecule has 0 atom stereocenters. The smallest absolute Gasteiger partial charge is 0.179 e. The minimum atomic E-state index is -0.324. The molecule has 0 bridgehead atoms. The molecular formula is C26H31FN4S. The predicted octanol–water partition coefficient (Wildman–Crippen LogP) is 5.29. The summed E-state index contributed by atoms with van der Waals surface area (Å²) in [6, 6.07) is 17.8. The lowest BCUT2D eigenvalue weighted by Crippen LogP contribution is -2.57. The maximum atomic E-state index is 14.1. The number of hydrogen-bond donors (Lipinski definition) is 1. The van der Waals surface area contributed by atoms with E-state index in [0.717, 1.165) is 56.8 Å². The van der Waals surface area contributed by atoms with E-state index < -0.39 is 0 Å². The van der Waals surface area contributed by atoms with Crippen LogP contribution < -0.4 is 10.2 Å². The van der Waals surface area contributed by atoms with Crippen LogP contribution in [0.4, 0.5) is 10.1 Å². The van der Waals surface area contributed by atoms with Crippen molar-refractivity contribution < 1.29 is 4.39 Å². The van der Waals surface area contributed by atoms with Gasteiger partial charge in [0, 0.05) is 25.3 Å². The molecule has 168 valence electrons. The second-order valence-electron chi connectivity index (χ2n) is 9.31. The van der Waals surface area contributed by atoms with Crippen molar-refractivity contribution in [3.63, 3.8) is 0 Å². The zero-order valence-electron chi connectivity index (χ0n) is 18.5. The molecule has 4 nitrogen and oxygen atoms in total. The Hall–Kier alpha value is -2.31. The predicted molar refractivity (Wildman–Crippen MR) is 133 cm³/mol. The Labute approximate surface area is 195 Å². The molecule has 1 saturated carbocycles. The molecule has 1 aliphatic carbocycles. The molecule has 3 aliphatic rings. The lowest BCUT2D eigenvalue weighted by molar-refractivity contribution is 0.188. The third-order valence-corrected chi connectivity index (χ3v) is 7.47. The van der Waals surface area contributed by atoms with E-state index in [-0.39, 0.29) is 11.4 Å². The van der Waals surface area contributed by atoms with E-state index in [1.54, 1.807) is 12.1 Å². The zero-order valence-corrected chi connectivity index (χ0v) is 19.3. The van der Waals surface area contributed by atoms with E-state index in [9.17, 15) is 4.39 Å². The molecule has 2 aliphatic heterocycles. The summed E-state index contributed by atoms with van der Waals surface area (Å²) in [5.41, 5.74) is 1.82. The average Bonchev–Trinajstić information content (AvgIpc) is 3.07. The maximum Gasteiger partial charge on any atom is 0.179 e. The molecule has 5 rings (SSSR count). The molecule has 2 aromatic rings. The van der Waals surface area contributed by atoms with Crippen molar-refractivity contribution in [2.75, 3.05) is 18.0 Å². The number of likely N-dealkylation sites (tertiary alicyclic amines) is 1. The number of piperidine rings is 1. The van der Waals surface area contributed by atoms with Crippen LogP contribution in [0.25, 0.3) is 0 Å². The summed E-state index contributed by atoms with van der Waals surface area (Å²) >= 11 is 5.80. The summed E-state index contributed by atoms with van der Waals surface area (Å²) < 4.78 is 14.1. The molecule has 6 heteroatoms. The fourth-order valence-electron chi connectivity index (χ4n) is 5.48. The van der Waals surface area contributed by atoms with Crippen molar-refractivity contribution in [2.24, 2.45) is 4.99 Å². The van der Waals surface area contributed by atoms with Crippen molar-refractivity contribution in [3.8, 4) is 0 Å². The van der Waals surface area contributed by atoms with Crippen LogP contribution in [0.15, 0.2) is 59.6 Å². The van der Waals surface area contributed by atoms with Gasteiger partial charge in [-0.25, -0.2) is 4.39 Å². The summed E-state index contributed by atoms with van der Waals surface area (Å²) in [4.78, 5) is 9.88. The van der Waals surface area contributed by atoms with Gasteiger partial charge >= 0.3 is 0 Å². The molecule has 3 fully saturated rings. The van der Waals surface area contributed by atoms with Crippen molar-refractivity contribution in [2.45, 2.75) is 63.1 Å². The molecule has 2 aromatic carbocycles. The van der Waals surface area contributed by atoms with Crippen molar-refractivity contribution in [3.05, 3.63) is 66.0 Å². The van der Waals surface area contributed by atoms with Gasteiger partial charge in [0.05, 0.1) is 6.04 Å². The van der Waals surface area contributed by atoms with Crippen LogP contribution in [0.2, 0.25) is 0 Å². The summed E-state index contributed by atoms with van der Waals surface area (Å²) in [6.45, 7) is 2.85. The van der Waals surface area contributed by atoms with Gasteiger partial charge in [-0.2, -0.15) is 0 Å². The summed E-state index contributed by atoms with van der Waals surface area (Å²) in [7, 11) is 0. The number of anilines is 1. The molecule has 2 heterocycles. The highest BCUT2D eigenvalue weighted by Crippen LogP contribution is 2.39. The molecule has 0 aromatic heterocycles. The molecule has 0 unspecified atom stereocenters. The van der Waals surface area contributed by atoms with E-state index in [4.69, 9.17) is 17.2 Å². The first-order valence-corrected chi connectivity index (χ1v) is 12.3. The number of nitrogens with one attached hydrogen (secondary N) is 1. The standard InChI is InChI=1S/C26H31FN4S/c27-21-10-7-13-23(18-21)31-25(32)29-24(28-22-11-5-2-6-12-22)26(31)14-16-30(17-15-26)19-20-8-3-1-4-9-20/h1,3-4,7-10,13,18,22H,2,5-6,11-12,14-17,19H2,(H,28,29,32). The first-order valence-electron chi connectivity index (χ1n) is 11.9. The number of amidine groups is 1. The number of halogens is 1. The van der Waals surface area contributed by atoms with Crippen molar-refractivity contribution >= 4 is 28.9 Å². The van der Waals surface area contributed by atoms with Crippen LogP contribution in [0.5, 0.6) is 0 Å². The highest BCUT2D eigenvalue weighted by molar-refractivity contribution is 7.80. The number of nitrogens with zero attached hydrogens (tertiary/aromatic N) is 3. The number of rotatable bonds is 4. The molecule has 0 amide bonds. The van der Waals surface area contributed by atoms with Crippen LogP contribution in [0, 0.1) is 5.82 Å². The van der Waals surface area contributed by atoms with Gasteiger partial charge in [0.25, 0.3) is 0 Å². The minimum Gasteiger partial charge on any atom is -0.319 e. The van der Waals surface area contributed by atoms with Crippen LogP contribution in [0.1, 0.15) is 50.5 Å². The lowest BCUT2D eigenvalue weighted by atomic mass is 9.84. The van der Waals surface area contributed by atoms with E-state index in [1.165, 1.54) is 30.9 Å². The molecule has 0 radical (unpaired) electrons. The van der Waals surface area contributed by atoms with E-state index in [0.29, 0.717) is 11.2 Å². The Balaban J connectivity index is 1.44. The third kappa shape index (κ3) is 4.30. The first-order chi connectivity index (χ1) is 15.6. The molecule has 32 heavy (non-hydrogen) atoms. The lowest BCUT2D eigenvalue weighted by Gasteiger charge is -2.44. The highest BCUT2D eigenvalue weighted by Gasteiger charge is 2.51. The third-order valence-electron chi connectivity index (χ3n) is 7.18. The monoisotopic (exact) mass is 450 g/mol. The zero-order chi connectivity index (χ0) is 22.0.